The normalized spacial score (nSPS) is 16.0. The Kier molecular flexibility index (Phi) is 4.51. The zero-order valence-corrected chi connectivity index (χ0v) is 15.3. The maximum absolute atomic E-state index is 12.6. The second-order valence-electron chi connectivity index (χ2n) is 5.32. The number of allylic oxidation sites excluding steroid dienone is 2. The van der Waals surface area contributed by atoms with Crippen LogP contribution in [0.25, 0.3) is 0 Å². The molecular weight excluding hydrogens is 390 g/mol. The van der Waals surface area contributed by atoms with Crippen LogP contribution in [-0.2, 0) is 16.4 Å². The summed E-state index contributed by atoms with van der Waals surface area (Å²) in [6.07, 6.45) is 2.28. The monoisotopic (exact) mass is 403 g/mol. The highest BCUT2D eigenvalue weighted by Crippen LogP contribution is 2.26. The molecule has 0 radical (unpaired) electrons. The van der Waals surface area contributed by atoms with Crippen LogP contribution >= 0.6 is 15.9 Å². The highest BCUT2D eigenvalue weighted by molar-refractivity contribution is 9.12. The van der Waals surface area contributed by atoms with Gasteiger partial charge in [0.05, 0.1) is 15.1 Å². The number of carbonyl (C=O) groups excluding carboxylic acids is 1. The minimum atomic E-state index is -3.86. The van der Waals surface area contributed by atoms with E-state index in [-0.39, 0.29) is 20.9 Å². The number of halogens is 1. The van der Waals surface area contributed by atoms with Crippen molar-refractivity contribution < 1.29 is 13.2 Å². The van der Waals surface area contributed by atoms with Gasteiger partial charge in [-0.25, -0.2) is 0 Å². The Morgan fingerprint density at radius 3 is 2.25 bits per heavy atom. The topological polar surface area (TPSA) is 63.6 Å². The lowest BCUT2D eigenvalue weighted by Gasteiger charge is -2.14. The molecule has 1 aliphatic carbocycles. The standard InChI is InChI=1S/C18H14BrNO3S/c1-2-12-7-9-13(10-8-12)24(22,23)20-17-11-16(19)18(21)15-6-4-3-5-14(15)17/h3-11H,2H2,1H3/b20-17-. The maximum atomic E-state index is 12.6. The first-order valence-electron chi connectivity index (χ1n) is 7.37. The highest BCUT2D eigenvalue weighted by atomic mass is 79.9. The van der Waals surface area contributed by atoms with E-state index < -0.39 is 10.0 Å². The molecule has 4 nitrogen and oxygen atoms in total. The summed E-state index contributed by atoms with van der Waals surface area (Å²) in [6.45, 7) is 2.00. The van der Waals surface area contributed by atoms with Gasteiger partial charge in [0.2, 0.25) is 5.78 Å². The van der Waals surface area contributed by atoms with Crippen molar-refractivity contribution in [2.24, 2.45) is 4.40 Å². The first-order chi connectivity index (χ1) is 11.4. The third-order valence-corrected chi connectivity index (χ3v) is 5.67. The summed E-state index contributed by atoms with van der Waals surface area (Å²) in [7, 11) is -3.86. The Balaban J connectivity index is 2.10. The Morgan fingerprint density at radius 1 is 1.00 bits per heavy atom. The second-order valence-corrected chi connectivity index (χ2v) is 7.77. The molecule has 6 heteroatoms. The van der Waals surface area contributed by atoms with Gasteiger partial charge in [0.25, 0.3) is 10.0 Å². The van der Waals surface area contributed by atoms with E-state index in [2.05, 4.69) is 20.3 Å². The molecule has 24 heavy (non-hydrogen) atoms. The molecule has 3 rings (SSSR count). The van der Waals surface area contributed by atoms with Gasteiger partial charge in [-0.3, -0.25) is 4.79 Å². The molecule has 0 heterocycles. The number of hydrogen-bond acceptors (Lipinski definition) is 3. The van der Waals surface area contributed by atoms with Gasteiger partial charge in [-0.05, 0) is 46.1 Å². The van der Waals surface area contributed by atoms with Gasteiger partial charge >= 0.3 is 0 Å². The molecule has 0 fully saturated rings. The summed E-state index contributed by atoms with van der Waals surface area (Å²) in [4.78, 5) is 12.3. The van der Waals surface area contributed by atoms with Gasteiger partial charge in [-0.15, -0.1) is 0 Å². The van der Waals surface area contributed by atoms with Crippen molar-refractivity contribution in [3.8, 4) is 0 Å². The number of Topliss-reactive ketones (excluding diaryl/α,β-unsaturated/α-hetero) is 1. The first kappa shape index (κ1) is 16.8. The molecule has 122 valence electrons. The van der Waals surface area contributed by atoms with Gasteiger partial charge in [0.1, 0.15) is 0 Å². The molecule has 2 aromatic carbocycles. The van der Waals surface area contributed by atoms with E-state index in [1.807, 2.05) is 6.92 Å². The predicted octanol–water partition coefficient (Wildman–Crippen LogP) is 3.90. The number of hydrogen-bond donors (Lipinski definition) is 0. The number of rotatable bonds is 3. The van der Waals surface area contributed by atoms with E-state index in [1.165, 1.54) is 6.08 Å². The van der Waals surface area contributed by atoms with Gasteiger partial charge in [-0.2, -0.15) is 12.8 Å². The molecule has 1 aliphatic rings. The highest BCUT2D eigenvalue weighted by Gasteiger charge is 2.24. The minimum absolute atomic E-state index is 0.131. The molecule has 0 aliphatic heterocycles. The van der Waals surface area contributed by atoms with Crippen molar-refractivity contribution in [1.82, 2.24) is 0 Å². The molecule has 0 atom stereocenters. The van der Waals surface area contributed by atoms with E-state index in [0.29, 0.717) is 11.1 Å². The van der Waals surface area contributed by atoms with Crippen LogP contribution < -0.4 is 0 Å². The zero-order chi connectivity index (χ0) is 17.3. The van der Waals surface area contributed by atoms with Gasteiger partial charge in [0, 0.05) is 11.1 Å². The Morgan fingerprint density at radius 2 is 1.62 bits per heavy atom. The van der Waals surface area contributed by atoms with Crippen molar-refractivity contribution in [3.63, 3.8) is 0 Å². The van der Waals surface area contributed by atoms with Crippen molar-refractivity contribution in [3.05, 3.63) is 75.8 Å². The predicted molar refractivity (Wildman–Crippen MR) is 97.3 cm³/mol. The van der Waals surface area contributed by atoms with Crippen LogP contribution in [0, 0.1) is 0 Å². The third kappa shape index (κ3) is 3.12. The molecule has 0 saturated heterocycles. The summed E-state index contributed by atoms with van der Waals surface area (Å²) in [5.74, 6) is -0.186. The molecule has 0 unspecified atom stereocenters. The molecular formula is C18H14BrNO3S. The fourth-order valence-corrected chi connectivity index (χ4v) is 3.88. The summed E-state index contributed by atoms with van der Waals surface area (Å²) >= 11 is 3.18. The van der Waals surface area contributed by atoms with E-state index in [1.54, 1.807) is 48.5 Å². The Labute approximate surface area is 149 Å². The molecule has 0 saturated carbocycles. The van der Waals surface area contributed by atoms with E-state index in [4.69, 9.17) is 0 Å². The number of carbonyl (C=O) groups is 1. The summed E-state index contributed by atoms with van der Waals surface area (Å²) in [5, 5.41) is 0. The molecule has 0 N–H and O–H groups in total. The maximum Gasteiger partial charge on any atom is 0.282 e. The van der Waals surface area contributed by atoms with Gasteiger partial charge in [-0.1, -0.05) is 43.3 Å². The van der Waals surface area contributed by atoms with Crippen molar-refractivity contribution in [1.29, 1.82) is 0 Å². The number of sulfonamides is 1. The van der Waals surface area contributed by atoms with Crippen LogP contribution in [0.4, 0.5) is 0 Å². The van der Waals surface area contributed by atoms with Crippen molar-refractivity contribution >= 4 is 37.4 Å². The van der Waals surface area contributed by atoms with Crippen LogP contribution in [0.1, 0.15) is 28.4 Å². The van der Waals surface area contributed by atoms with Crippen LogP contribution in [0.15, 0.2) is 68.4 Å². The second kappa shape index (κ2) is 6.45. The van der Waals surface area contributed by atoms with Crippen molar-refractivity contribution in [2.45, 2.75) is 18.2 Å². The lowest BCUT2D eigenvalue weighted by Crippen LogP contribution is -2.16. The Bertz CT molecular complexity index is 974. The zero-order valence-electron chi connectivity index (χ0n) is 12.9. The SMILES string of the molecule is CCc1ccc(S(=O)(=O)/N=C2/C=C(Br)C(=O)c3ccccc32)cc1. The van der Waals surface area contributed by atoms with Crippen LogP contribution in [0.3, 0.4) is 0 Å². The number of aryl methyl sites for hydroxylation is 1. The number of nitrogens with zero attached hydrogens (tertiary/aromatic N) is 1. The van der Waals surface area contributed by atoms with E-state index >= 15 is 0 Å². The summed E-state index contributed by atoms with van der Waals surface area (Å²) in [6, 6.07) is 13.5. The lowest BCUT2D eigenvalue weighted by atomic mass is 9.94. The van der Waals surface area contributed by atoms with Gasteiger partial charge < -0.3 is 0 Å². The Hall–Kier alpha value is -2.05. The number of ketones is 1. The molecule has 0 bridgehead atoms. The average molecular weight is 404 g/mol. The summed E-state index contributed by atoms with van der Waals surface area (Å²) in [5.41, 5.74) is 2.25. The van der Waals surface area contributed by atoms with Crippen LogP contribution in [-0.4, -0.2) is 19.9 Å². The fraction of sp³-hybridized carbons (Fsp3) is 0.111. The van der Waals surface area contributed by atoms with Gasteiger partial charge in [0.15, 0.2) is 0 Å². The van der Waals surface area contributed by atoms with Crippen LogP contribution in [0.2, 0.25) is 0 Å². The van der Waals surface area contributed by atoms with E-state index in [0.717, 1.165) is 12.0 Å². The third-order valence-electron chi connectivity index (χ3n) is 3.78. The number of benzene rings is 2. The van der Waals surface area contributed by atoms with E-state index in [9.17, 15) is 13.2 Å². The fourth-order valence-electron chi connectivity index (χ4n) is 2.45. The lowest BCUT2D eigenvalue weighted by molar-refractivity contribution is 0.104. The average Bonchev–Trinajstić information content (AvgIpc) is 2.59. The van der Waals surface area contributed by atoms with Crippen molar-refractivity contribution in [2.75, 3.05) is 0 Å². The molecule has 0 amide bonds. The summed E-state index contributed by atoms with van der Waals surface area (Å²) < 4.78 is 29.4. The molecule has 0 aromatic heterocycles. The van der Waals surface area contributed by atoms with Crippen LogP contribution in [0.5, 0.6) is 0 Å². The number of fused-ring (bicyclic) bond motifs is 1. The minimum Gasteiger partial charge on any atom is -0.288 e. The largest absolute Gasteiger partial charge is 0.288 e. The molecule has 2 aromatic rings. The smallest absolute Gasteiger partial charge is 0.282 e. The quantitative estimate of drug-likeness (QED) is 0.780. The molecule has 0 spiro atoms. The first-order valence-corrected chi connectivity index (χ1v) is 9.61.